The Bertz CT molecular complexity index is 1660. The minimum atomic E-state index is -3.90. The molecule has 0 unspecified atom stereocenters. The van der Waals surface area contributed by atoms with Crippen molar-refractivity contribution in [3.05, 3.63) is 120 Å². The van der Waals surface area contributed by atoms with Gasteiger partial charge in [-0.15, -0.1) is 0 Å². The number of rotatable bonds is 14. The second-order valence-electron chi connectivity index (χ2n) is 10.9. The number of carbonyl (C=O) groups excluding carboxylic acids is 2. The van der Waals surface area contributed by atoms with Crippen LogP contribution in [-0.2, 0) is 32.6 Å². The summed E-state index contributed by atoms with van der Waals surface area (Å²) in [5.41, 5.74) is 1.88. The predicted octanol–water partition coefficient (Wildman–Crippen LogP) is 5.42. The lowest BCUT2D eigenvalue weighted by molar-refractivity contribution is -0.140. The van der Waals surface area contributed by atoms with Gasteiger partial charge in [-0.1, -0.05) is 60.7 Å². The minimum absolute atomic E-state index is 0.0561. The lowest BCUT2D eigenvalue weighted by Crippen LogP contribution is -2.54. The van der Waals surface area contributed by atoms with Crippen LogP contribution in [0.4, 0.5) is 5.69 Å². The predicted molar refractivity (Wildman–Crippen MR) is 176 cm³/mol. The Balaban J connectivity index is 1.69. The molecule has 0 aromatic heterocycles. The van der Waals surface area contributed by atoms with Crippen molar-refractivity contribution >= 4 is 27.5 Å². The molecular formula is C35H39N3O6S. The molecule has 1 N–H and O–H groups in total. The smallest absolute Gasteiger partial charge is 0.244 e. The zero-order valence-electron chi connectivity index (χ0n) is 25.9. The van der Waals surface area contributed by atoms with Gasteiger partial charge in [0.05, 0.1) is 19.1 Å². The summed E-state index contributed by atoms with van der Waals surface area (Å²) in [6.45, 7) is 3.24. The first-order valence-electron chi connectivity index (χ1n) is 14.6. The topological polar surface area (TPSA) is 105 Å². The van der Waals surface area contributed by atoms with Crippen molar-refractivity contribution in [2.24, 2.45) is 0 Å². The standard InChI is InChI=1S/C35H39N3O6S/c1-26(2)36-35(40)33(23-27-12-7-5-8-13-27)37(24-28-14-11-17-32(22-28)43-3)34(39)25-38(45(4,41)42)29-18-20-31(21-19-29)44-30-15-9-6-10-16-30/h5-22,26,33H,23-25H2,1-4H3,(H,36,40)/t33-/m1/s1. The van der Waals surface area contributed by atoms with E-state index in [2.05, 4.69) is 5.32 Å². The van der Waals surface area contributed by atoms with E-state index in [4.69, 9.17) is 9.47 Å². The molecule has 45 heavy (non-hydrogen) atoms. The Morgan fingerprint density at radius 2 is 1.36 bits per heavy atom. The molecule has 4 aromatic rings. The molecule has 0 saturated heterocycles. The highest BCUT2D eigenvalue weighted by Gasteiger charge is 2.33. The highest BCUT2D eigenvalue weighted by atomic mass is 32.2. The average molecular weight is 630 g/mol. The fraction of sp³-hybridized carbons (Fsp3) is 0.257. The molecule has 0 aliphatic heterocycles. The molecule has 4 aromatic carbocycles. The van der Waals surface area contributed by atoms with Gasteiger partial charge in [-0.05, 0) is 73.5 Å². The Labute approximate surface area is 265 Å². The molecule has 0 bridgehead atoms. The van der Waals surface area contributed by atoms with Crippen LogP contribution in [0.1, 0.15) is 25.0 Å². The molecule has 10 heteroatoms. The number of hydrogen-bond acceptors (Lipinski definition) is 6. The van der Waals surface area contributed by atoms with Gasteiger partial charge in [-0.3, -0.25) is 13.9 Å². The third-order valence-corrected chi connectivity index (χ3v) is 8.11. The van der Waals surface area contributed by atoms with E-state index in [0.717, 1.165) is 21.7 Å². The van der Waals surface area contributed by atoms with Gasteiger partial charge >= 0.3 is 0 Å². The van der Waals surface area contributed by atoms with E-state index in [1.807, 2.05) is 80.6 Å². The van der Waals surface area contributed by atoms with Gasteiger partial charge in [-0.2, -0.15) is 0 Å². The maximum atomic E-state index is 14.2. The van der Waals surface area contributed by atoms with Gasteiger partial charge in [0.1, 0.15) is 29.8 Å². The molecule has 0 saturated carbocycles. The number of ether oxygens (including phenoxy) is 2. The number of methoxy groups -OCH3 is 1. The number of nitrogens with zero attached hydrogens (tertiary/aromatic N) is 2. The van der Waals surface area contributed by atoms with Crippen LogP contribution < -0.4 is 19.1 Å². The number of amides is 2. The molecule has 0 heterocycles. The number of anilines is 1. The molecule has 9 nitrogen and oxygen atoms in total. The lowest BCUT2D eigenvalue weighted by Gasteiger charge is -2.34. The van der Waals surface area contributed by atoms with Gasteiger partial charge < -0.3 is 19.7 Å². The molecular weight excluding hydrogens is 590 g/mol. The van der Waals surface area contributed by atoms with Gasteiger partial charge in [0.2, 0.25) is 21.8 Å². The van der Waals surface area contributed by atoms with Crippen LogP contribution in [0.15, 0.2) is 109 Å². The zero-order chi connectivity index (χ0) is 32.4. The van der Waals surface area contributed by atoms with E-state index in [-0.39, 0.29) is 24.9 Å². The minimum Gasteiger partial charge on any atom is -0.497 e. The van der Waals surface area contributed by atoms with Crippen molar-refractivity contribution < 1.29 is 27.5 Å². The lowest BCUT2D eigenvalue weighted by atomic mass is 10.0. The van der Waals surface area contributed by atoms with Crippen molar-refractivity contribution in [2.75, 3.05) is 24.2 Å². The van der Waals surface area contributed by atoms with Gasteiger partial charge in [0.25, 0.3) is 0 Å². The highest BCUT2D eigenvalue weighted by Crippen LogP contribution is 2.26. The van der Waals surface area contributed by atoms with Crippen molar-refractivity contribution in [2.45, 2.75) is 38.9 Å². The molecule has 2 amide bonds. The molecule has 0 aliphatic carbocycles. The normalized spacial score (nSPS) is 11.8. The quantitative estimate of drug-likeness (QED) is 0.200. The van der Waals surface area contributed by atoms with Crippen molar-refractivity contribution in [1.29, 1.82) is 0 Å². The van der Waals surface area contributed by atoms with Crippen LogP contribution in [0.25, 0.3) is 0 Å². The van der Waals surface area contributed by atoms with Crippen LogP contribution in [0, 0.1) is 0 Å². The molecule has 1 atom stereocenters. The van der Waals surface area contributed by atoms with E-state index >= 15 is 0 Å². The molecule has 4 rings (SSSR count). The molecule has 0 radical (unpaired) electrons. The van der Waals surface area contributed by atoms with E-state index in [1.54, 1.807) is 49.6 Å². The fourth-order valence-electron chi connectivity index (χ4n) is 4.82. The zero-order valence-corrected chi connectivity index (χ0v) is 26.7. The van der Waals surface area contributed by atoms with Crippen LogP contribution in [-0.4, -0.2) is 57.1 Å². The summed E-state index contributed by atoms with van der Waals surface area (Å²) in [7, 11) is -2.35. The first-order chi connectivity index (χ1) is 21.5. The number of nitrogens with one attached hydrogen (secondary N) is 1. The Morgan fingerprint density at radius 1 is 0.778 bits per heavy atom. The maximum Gasteiger partial charge on any atom is 0.244 e. The highest BCUT2D eigenvalue weighted by molar-refractivity contribution is 7.92. The first kappa shape index (κ1) is 33.1. The number of carbonyl (C=O) groups is 2. The van der Waals surface area contributed by atoms with Crippen molar-refractivity contribution in [3.8, 4) is 17.2 Å². The summed E-state index contributed by atoms with van der Waals surface area (Å²) in [6.07, 6.45) is 1.29. The van der Waals surface area contributed by atoms with E-state index in [9.17, 15) is 18.0 Å². The number of para-hydroxylation sites is 1. The van der Waals surface area contributed by atoms with Gasteiger partial charge in [0, 0.05) is 19.0 Å². The van der Waals surface area contributed by atoms with Crippen molar-refractivity contribution in [1.82, 2.24) is 10.2 Å². The van der Waals surface area contributed by atoms with Crippen LogP contribution >= 0.6 is 0 Å². The average Bonchev–Trinajstić information content (AvgIpc) is 3.02. The largest absolute Gasteiger partial charge is 0.497 e. The summed E-state index contributed by atoms with van der Waals surface area (Å²) >= 11 is 0. The van der Waals surface area contributed by atoms with Crippen LogP contribution in [0.5, 0.6) is 17.2 Å². The van der Waals surface area contributed by atoms with E-state index < -0.39 is 28.5 Å². The Morgan fingerprint density at radius 3 is 1.96 bits per heavy atom. The number of benzene rings is 4. The van der Waals surface area contributed by atoms with Gasteiger partial charge in [-0.25, -0.2) is 8.42 Å². The summed E-state index contributed by atoms with van der Waals surface area (Å²) in [6, 6.07) is 31.2. The SMILES string of the molecule is COc1cccc(CN(C(=O)CN(c2ccc(Oc3ccccc3)cc2)S(C)(=O)=O)[C@H](Cc2ccccc2)C(=O)NC(C)C)c1. The summed E-state index contributed by atoms with van der Waals surface area (Å²) in [4.78, 5) is 29.4. The Hall–Kier alpha value is -4.83. The summed E-state index contributed by atoms with van der Waals surface area (Å²) in [5, 5.41) is 2.94. The van der Waals surface area contributed by atoms with E-state index in [1.165, 1.54) is 4.90 Å². The monoisotopic (exact) mass is 629 g/mol. The Kier molecular flexibility index (Phi) is 11.2. The molecule has 0 fully saturated rings. The third kappa shape index (κ3) is 9.58. The van der Waals surface area contributed by atoms with Crippen molar-refractivity contribution in [3.63, 3.8) is 0 Å². The third-order valence-electron chi connectivity index (χ3n) is 6.97. The maximum absolute atomic E-state index is 14.2. The molecule has 236 valence electrons. The molecule has 0 spiro atoms. The summed E-state index contributed by atoms with van der Waals surface area (Å²) < 4.78 is 38.4. The second-order valence-corrected chi connectivity index (χ2v) is 12.8. The fourth-order valence-corrected chi connectivity index (χ4v) is 5.67. The number of sulfonamides is 1. The van der Waals surface area contributed by atoms with E-state index in [0.29, 0.717) is 22.9 Å². The van der Waals surface area contributed by atoms with Crippen LogP contribution in [0.3, 0.4) is 0 Å². The summed E-state index contributed by atoms with van der Waals surface area (Å²) in [5.74, 6) is 0.878. The molecule has 0 aliphatic rings. The first-order valence-corrected chi connectivity index (χ1v) is 16.5. The second kappa shape index (κ2) is 15.3. The van der Waals surface area contributed by atoms with Gasteiger partial charge in [0.15, 0.2) is 0 Å². The number of hydrogen-bond donors (Lipinski definition) is 1. The van der Waals surface area contributed by atoms with Crippen LogP contribution in [0.2, 0.25) is 0 Å².